The standard InChI is InChI=1S/C16H17N3OS.Na.H/c1-19(2)15-10-6-3-7-12(15)11-21(20)16-17-13-8-4-5-9-14(13)18-16;;/h3-10H,11H2,1-2H3,(H,17,18);;/q;+1;-1. The number of rotatable bonds is 4. The van der Waals surface area contributed by atoms with Gasteiger partial charge in [-0.1, -0.05) is 30.3 Å². The third-order valence-electron chi connectivity index (χ3n) is 3.34. The Balaban J connectivity index is 0.00000132. The summed E-state index contributed by atoms with van der Waals surface area (Å²) in [4.78, 5) is 9.59. The molecule has 1 heterocycles. The molecule has 3 rings (SSSR count). The van der Waals surface area contributed by atoms with Crippen LogP contribution in [0.5, 0.6) is 0 Å². The van der Waals surface area contributed by atoms with E-state index in [1.165, 1.54) is 0 Å². The van der Waals surface area contributed by atoms with E-state index in [1.807, 2.05) is 67.5 Å². The van der Waals surface area contributed by atoms with Gasteiger partial charge in [0.25, 0.3) is 0 Å². The normalized spacial score (nSPS) is 11.9. The smallest absolute Gasteiger partial charge is 1.00 e. The summed E-state index contributed by atoms with van der Waals surface area (Å²) in [7, 11) is 2.79. The molecule has 6 heteroatoms. The molecular formula is C16H18N3NaOS. The minimum absolute atomic E-state index is 0. The first-order valence-corrected chi connectivity index (χ1v) is 8.05. The monoisotopic (exact) mass is 323 g/mol. The van der Waals surface area contributed by atoms with Crippen molar-refractivity contribution in [3.05, 3.63) is 54.1 Å². The largest absolute Gasteiger partial charge is 1.00 e. The van der Waals surface area contributed by atoms with Crippen molar-refractivity contribution in [2.75, 3.05) is 19.0 Å². The number of benzene rings is 2. The molecule has 0 saturated heterocycles. The quantitative estimate of drug-likeness (QED) is 0.691. The topological polar surface area (TPSA) is 49.0 Å². The first-order chi connectivity index (χ1) is 10.1. The Morgan fingerprint density at radius 2 is 1.82 bits per heavy atom. The molecule has 0 bridgehead atoms. The molecule has 3 aromatic rings. The van der Waals surface area contributed by atoms with Crippen LogP contribution in [0.15, 0.2) is 53.7 Å². The maximum Gasteiger partial charge on any atom is 1.00 e. The predicted octanol–water partition coefficient (Wildman–Crippen LogP) is 0.0532. The van der Waals surface area contributed by atoms with Crippen molar-refractivity contribution in [2.24, 2.45) is 0 Å². The SMILES string of the molecule is CN(C)c1ccccc1CS(=O)c1nc2ccccc2[nH]1.[H-].[Na+]. The predicted molar refractivity (Wildman–Crippen MR) is 88.1 cm³/mol. The number of nitrogens with one attached hydrogen (secondary N) is 1. The second kappa shape index (κ2) is 7.42. The average Bonchev–Trinajstić information content (AvgIpc) is 2.91. The molecule has 0 aliphatic carbocycles. The fourth-order valence-electron chi connectivity index (χ4n) is 2.32. The van der Waals surface area contributed by atoms with Gasteiger partial charge in [-0.05, 0) is 23.8 Å². The minimum atomic E-state index is -1.19. The maximum absolute atomic E-state index is 12.6. The number of hydrogen-bond donors (Lipinski definition) is 1. The summed E-state index contributed by atoms with van der Waals surface area (Å²) in [6, 6.07) is 15.7. The van der Waals surface area contributed by atoms with E-state index in [-0.39, 0.29) is 31.0 Å². The molecule has 1 unspecified atom stereocenters. The van der Waals surface area contributed by atoms with E-state index in [9.17, 15) is 4.21 Å². The molecule has 0 aliphatic heterocycles. The molecule has 4 nitrogen and oxygen atoms in total. The molecule has 0 radical (unpaired) electrons. The van der Waals surface area contributed by atoms with Gasteiger partial charge in [-0.2, -0.15) is 0 Å². The molecule has 0 amide bonds. The number of fused-ring (bicyclic) bond motifs is 1. The van der Waals surface area contributed by atoms with Gasteiger partial charge in [0.2, 0.25) is 0 Å². The van der Waals surface area contributed by atoms with E-state index < -0.39 is 10.8 Å². The van der Waals surface area contributed by atoms with Gasteiger partial charge in [0.15, 0.2) is 5.16 Å². The van der Waals surface area contributed by atoms with Gasteiger partial charge in [-0.15, -0.1) is 0 Å². The summed E-state index contributed by atoms with van der Waals surface area (Å²) in [5, 5.41) is 0.532. The van der Waals surface area contributed by atoms with Crippen LogP contribution in [0.3, 0.4) is 0 Å². The van der Waals surface area contributed by atoms with Gasteiger partial charge in [0, 0.05) is 19.8 Å². The molecule has 0 fully saturated rings. The number of anilines is 1. The molecular weight excluding hydrogens is 305 g/mol. The van der Waals surface area contributed by atoms with Crippen LogP contribution in [0.25, 0.3) is 11.0 Å². The van der Waals surface area contributed by atoms with Crippen molar-refractivity contribution in [1.29, 1.82) is 0 Å². The molecule has 0 spiro atoms. The second-order valence-corrected chi connectivity index (χ2v) is 6.44. The fourth-order valence-corrected chi connectivity index (χ4v) is 3.40. The van der Waals surface area contributed by atoms with Crippen LogP contribution < -0.4 is 34.5 Å². The summed E-state index contributed by atoms with van der Waals surface area (Å²) in [6.07, 6.45) is 0. The van der Waals surface area contributed by atoms with E-state index >= 15 is 0 Å². The van der Waals surface area contributed by atoms with Gasteiger partial charge in [-0.25, -0.2) is 4.98 Å². The molecule has 110 valence electrons. The van der Waals surface area contributed by atoms with Gasteiger partial charge >= 0.3 is 29.6 Å². The van der Waals surface area contributed by atoms with Crippen molar-refractivity contribution in [1.82, 2.24) is 9.97 Å². The van der Waals surface area contributed by atoms with E-state index in [2.05, 4.69) is 9.97 Å². The molecule has 1 atom stereocenters. The van der Waals surface area contributed by atoms with Crippen LogP contribution in [0.1, 0.15) is 6.99 Å². The summed E-state index contributed by atoms with van der Waals surface area (Å²) in [5.74, 6) is 0.453. The van der Waals surface area contributed by atoms with Crippen LogP contribution in [0, 0.1) is 0 Å². The number of H-pyrrole nitrogens is 1. The molecule has 1 aromatic heterocycles. The molecule has 1 N–H and O–H groups in total. The fraction of sp³-hybridized carbons (Fsp3) is 0.188. The van der Waals surface area contributed by atoms with E-state index in [1.54, 1.807) is 0 Å². The maximum atomic E-state index is 12.6. The van der Waals surface area contributed by atoms with Crippen molar-refractivity contribution in [2.45, 2.75) is 10.9 Å². The van der Waals surface area contributed by atoms with Gasteiger partial charge in [0.05, 0.1) is 27.6 Å². The van der Waals surface area contributed by atoms with E-state index in [4.69, 9.17) is 0 Å². The second-order valence-electron chi connectivity index (χ2n) is 5.07. The number of para-hydroxylation sites is 3. The Bertz CT molecular complexity index is 774. The number of hydrogen-bond acceptors (Lipinski definition) is 3. The van der Waals surface area contributed by atoms with Crippen molar-refractivity contribution < 1.29 is 35.2 Å². The molecule has 2 aromatic carbocycles. The summed E-state index contributed by atoms with van der Waals surface area (Å²) in [6.45, 7) is 0. The number of aromatic amines is 1. The number of aromatic nitrogens is 2. The molecule has 0 aliphatic rings. The molecule has 0 saturated carbocycles. The number of imidazole rings is 1. The van der Waals surface area contributed by atoms with Crippen LogP contribution >= 0.6 is 0 Å². The zero-order valence-electron chi connectivity index (χ0n) is 14.0. The first kappa shape index (κ1) is 17.2. The van der Waals surface area contributed by atoms with Crippen LogP contribution in [0.4, 0.5) is 5.69 Å². The van der Waals surface area contributed by atoms with E-state index in [0.29, 0.717) is 10.9 Å². The Labute approximate surface area is 156 Å². The Morgan fingerprint density at radius 1 is 1.14 bits per heavy atom. The third kappa shape index (κ3) is 3.60. The zero-order chi connectivity index (χ0) is 14.8. The van der Waals surface area contributed by atoms with Crippen molar-refractivity contribution in [3.63, 3.8) is 0 Å². The first-order valence-electron chi connectivity index (χ1n) is 6.73. The minimum Gasteiger partial charge on any atom is -1.00 e. The van der Waals surface area contributed by atoms with Crippen LogP contribution in [-0.2, 0) is 16.6 Å². The van der Waals surface area contributed by atoms with E-state index in [0.717, 1.165) is 22.3 Å². The Morgan fingerprint density at radius 3 is 2.55 bits per heavy atom. The van der Waals surface area contributed by atoms with Gasteiger partial charge in [-0.3, -0.25) is 4.21 Å². The van der Waals surface area contributed by atoms with Gasteiger partial charge in [0.1, 0.15) is 0 Å². The van der Waals surface area contributed by atoms with Crippen LogP contribution in [-0.4, -0.2) is 28.3 Å². The van der Waals surface area contributed by atoms with Gasteiger partial charge < -0.3 is 11.3 Å². The van der Waals surface area contributed by atoms with Crippen molar-refractivity contribution in [3.8, 4) is 0 Å². The Hall–Kier alpha value is -1.14. The number of nitrogens with zero attached hydrogens (tertiary/aromatic N) is 2. The third-order valence-corrected chi connectivity index (χ3v) is 4.54. The van der Waals surface area contributed by atoms with Crippen molar-refractivity contribution >= 4 is 27.5 Å². The Kier molecular flexibility index (Phi) is 5.81. The summed E-state index contributed by atoms with van der Waals surface area (Å²) < 4.78 is 12.6. The molecule has 22 heavy (non-hydrogen) atoms. The zero-order valence-corrected chi connectivity index (χ0v) is 15.9. The summed E-state index contributed by atoms with van der Waals surface area (Å²) in [5.41, 5.74) is 3.91. The average molecular weight is 323 g/mol. The summed E-state index contributed by atoms with van der Waals surface area (Å²) >= 11 is 0. The van der Waals surface area contributed by atoms with Crippen LogP contribution in [0.2, 0.25) is 0 Å².